The van der Waals surface area contributed by atoms with Gasteiger partial charge in [0.25, 0.3) is 0 Å². The number of aromatic carboxylic acids is 1. The first-order valence-corrected chi connectivity index (χ1v) is 10.2. The van der Waals surface area contributed by atoms with Crippen molar-refractivity contribution >= 4 is 34.7 Å². The summed E-state index contributed by atoms with van der Waals surface area (Å²) in [5, 5.41) is 29.7. The van der Waals surface area contributed by atoms with Gasteiger partial charge in [-0.15, -0.1) is 0 Å². The fraction of sp³-hybridized carbons (Fsp3) is 0.120. The Labute approximate surface area is 190 Å². The Balaban J connectivity index is 1.58. The highest BCUT2D eigenvalue weighted by molar-refractivity contribution is 6.71. The zero-order valence-electron chi connectivity index (χ0n) is 18.3. The number of phenolic OH excluding ortho intramolecular Hbond substituents is 1. The van der Waals surface area contributed by atoms with Crippen LogP contribution in [-0.2, 0) is 4.79 Å². The van der Waals surface area contributed by atoms with Crippen LogP contribution in [0.1, 0.15) is 28.4 Å². The molecule has 0 aliphatic carbocycles. The Hall–Kier alpha value is -4.46. The topological polar surface area (TPSA) is 115 Å². The summed E-state index contributed by atoms with van der Waals surface area (Å²) < 4.78 is 0. The number of aryl methyl sites for hydroxylation is 2. The number of carboxylic acids is 1. The van der Waals surface area contributed by atoms with Gasteiger partial charge in [0.2, 0.25) is 0 Å². The molecule has 0 saturated heterocycles. The van der Waals surface area contributed by atoms with Crippen LogP contribution < -0.4 is 10.4 Å². The molecule has 0 radical (unpaired) electrons. The van der Waals surface area contributed by atoms with Crippen molar-refractivity contribution < 1.29 is 19.8 Å². The standard InChI is InChI=1S/C25H22N4O4/c1-14-7-12-19(13-15(14)2)29-24(31)22(16(3)28-29)27-26-21-6-4-5-20(23(21)30)17-8-10-18(11-9-17)25(32)33/h4-13,26,30H,1-3H3,(H,32,33)/b27-22-. The number of phenols is 1. The molecule has 1 amide bonds. The SMILES string of the molecule is CC1=NN(c2ccc(C)c(C)c2)C(=O)/C1=N\Nc1cccc(-c2ccc(C(=O)O)cc2)c1O. The molecule has 0 aromatic heterocycles. The van der Waals surface area contributed by atoms with Gasteiger partial charge in [-0.25, -0.2) is 4.79 Å². The van der Waals surface area contributed by atoms with E-state index in [1.165, 1.54) is 17.1 Å². The lowest BCUT2D eigenvalue weighted by atomic mass is 10.0. The number of carboxylic acid groups (broad SMARTS) is 1. The van der Waals surface area contributed by atoms with E-state index in [0.717, 1.165) is 11.1 Å². The number of carbonyl (C=O) groups is 2. The highest BCUT2D eigenvalue weighted by Gasteiger charge is 2.31. The maximum Gasteiger partial charge on any atom is 0.335 e. The van der Waals surface area contributed by atoms with Gasteiger partial charge in [-0.05, 0) is 67.8 Å². The number of nitrogens with one attached hydrogen (secondary N) is 1. The van der Waals surface area contributed by atoms with E-state index in [2.05, 4.69) is 15.6 Å². The van der Waals surface area contributed by atoms with Gasteiger partial charge in [-0.2, -0.15) is 15.2 Å². The molecule has 4 rings (SSSR count). The molecule has 166 valence electrons. The predicted molar refractivity (Wildman–Crippen MR) is 128 cm³/mol. The first-order valence-electron chi connectivity index (χ1n) is 10.2. The van der Waals surface area contributed by atoms with Crippen molar-refractivity contribution in [2.75, 3.05) is 10.4 Å². The van der Waals surface area contributed by atoms with Gasteiger partial charge in [0.05, 0.1) is 22.6 Å². The molecule has 3 aromatic rings. The molecule has 0 saturated carbocycles. The Bertz CT molecular complexity index is 1330. The molecule has 33 heavy (non-hydrogen) atoms. The smallest absolute Gasteiger partial charge is 0.335 e. The quantitative estimate of drug-likeness (QED) is 0.396. The van der Waals surface area contributed by atoms with Gasteiger partial charge in [0.15, 0.2) is 5.71 Å². The Morgan fingerprint density at radius 1 is 1.00 bits per heavy atom. The van der Waals surface area contributed by atoms with E-state index in [1.807, 2.05) is 32.0 Å². The van der Waals surface area contributed by atoms with Crippen LogP contribution in [0, 0.1) is 13.8 Å². The van der Waals surface area contributed by atoms with Crippen molar-refractivity contribution in [1.29, 1.82) is 0 Å². The molecule has 0 spiro atoms. The van der Waals surface area contributed by atoms with E-state index in [0.29, 0.717) is 28.2 Å². The average molecular weight is 442 g/mol. The lowest BCUT2D eigenvalue weighted by molar-refractivity contribution is -0.112. The van der Waals surface area contributed by atoms with Crippen molar-refractivity contribution in [3.63, 3.8) is 0 Å². The van der Waals surface area contributed by atoms with Crippen molar-refractivity contribution in [2.45, 2.75) is 20.8 Å². The minimum Gasteiger partial charge on any atom is -0.505 e. The van der Waals surface area contributed by atoms with Gasteiger partial charge in [0.1, 0.15) is 5.75 Å². The molecule has 8 heteroatoms. The summed E-state index contributed by atoms with van der Waals surface area (Å²) in [6.45, 7) is 5.66. The third-order valence-electron chi connectivity index (χ3n) is 5.49. The van der Waals surface area contributed by atoms with Gasteiger partial charge < -0.3 is 10.2 Å². The minimum absolute atomic E-state index is 0.0732. The number of hydrazone groups is 2. The second-order valence-electron chi connectivity index (χ2n) is 7.73. The number of rotatable bonds is 5. The molecule has 0 bridgehead atoms. The van der Waals surface area contributed by atoms with Crippen LogP contribution in [0.5, 0.6) is 5.75 Å². The van der Waals surface area contributed by atoms with E-state index in [4.69, 9.17) is 5.11 Å². The number of para-hydroxylation sites is 1. The lowest BCUT2D eigenvalue weighted by Crippen LogP contribution is -2.28. The number of amides is 1. The predicted octanol–water partition coefficient (Wildman–Crippen LogP) is 4.56. The van der Waals surface area contributed by atoms with Crippen LogP contribution >= 0.6 is 0 Å². The van der Waals surface area contributed by atoms with Crippen LogP contribution in [0.2, 0.25) is 0 Å². The zero-order valence-corrected chi connectivity index (χ0v) is 18.3. The number of aromatic hydroxyl groups is 1. The van der Waals surface area contributed by atoms with Crippen molar-refractivity contribution in [2.24, 2.45) is 10.2 Å². The normalized spacial score (nSPS) is 14.5. The van der Waals surface area contributed by atoms with Crippen LogP contribution in [-0.4, -0.2) is 33.5 Å². The van der Waals surface area contributed by atoms with Crippen LogP contribution in [0.4, 0.5) is 11.4 Å². The van der Waals surface area contributed by atoms with E-state index >= 15 is 0 Å². The maximum absolute atomic E-state index is 12.9. The van der Waals surface area contributed by atoms with E-state index in [1.54, 1.807) is 37.3 Å². The monoisotopic (exact) mass is 442 g/mol. The summed E-state index contributed by atoms with van der Waals surface area (Å²) in [6, 6.07) is 16.9. The minimum atomic E-state index is -1.02. The third-order valence-corrected chi connectivity index (χ3v) is 5.49. The molecular weight excluding hydrogens is 420 g/mol. The van der Waals surface area contributed by atoms with Crippen molar-refractivity contribution in [3.8, 4) is 16.9 Å². The molecule has 1 heterocycles. The van der Waals surface area contributed by atoms with E-state index in [9.17, 15) is 14.7 Å². The van der Waals surface area contributed by atoms with Crippen LogP contribution in [0.25, 0.3) is 11.1 Å². The summed E-state index contributed by atoms with van der Waals surface area (Å²) in [5.74, 6) is -1.47. The van der Waals surface area contributed by atoms with Crippen molar-refractivity contribution in [3.05, 3.63) is 77.4 Å². The molecule has 1 aliphatic heterocycles. The first kappa shape index (κ1) is 21.8. The molecule has 0 unspecified atom stereocenters. The number of benzene rings is 3. The zero-order chi connectivity index (χ0) is 23.7. The summed E-state index contributed by atoms with van der Waals surface area (Å²) in [5.41, 5.74) is 7.77. The average Bonchev–Trinajstić information content (AvgIpc) is 3.08. The summed E-state index contributed by atoms with van der Waals surface area (Å²) in [7, 11) is 0. The molecular formula is C25H22N4O4. The van der Waals surface area contributed by atoms with Crippen LogP contribution in [0.15, 0.2) is 70.9 Å². The molecule has 0 fully saturated rings. The molecule has 0 atom stereocenters. The fourth-order valence-electron chi connectivity index (χ4n) is 3.43. The molecule has 3 aromatic carbocycles. The Kier molecular flexibility index (Phi) is 5.66. The third kappa shape index (κ3) is 4.18. The Morgan fingerprint density at radius 2 is 1.73 bits per heavy atom. The van der Waals surface area contributed by atoms with E-state index in [-0.39, 0.29) is 22.9 Å². The van der Waals surface area contributed by atoms with Gasteiger partial charge in [-0.1, -0.05) is 30.3 Å². The number of anilines is 2. The summed E-state index contributed by atoms with van der Waals surface area (Å²) >= 11 is 0. The number of hydrogen-bond acceptors (Lipinski definition) is 6. The van der Waals surface area contributed by atoms with Crippen LogP contribution in [0.3, 0.4) is 0 Å². The number of nitrogens with zero attached hydrogens (tertiary/aromatic N) is 3. The summed E-state index contributed by atoms with van der Waals surface area (Å²) in [4.78, 5) is 24.0. The number of hydrogen-bond donors (Lipinski definition) is 3. The first-order chi connectivity index (χ1) is 15.8. The lowest BCUT2D eigenvalue weighted by Gasteiger charge is -2.13. The highest BCUT2D eigenvalue weighted by atomic mass is 16.4. The number of carbonyl (C=O) groups excluding carboxylic acids is 1. The fourth-order valence-corrected chi connectivity index (χ4v) is 3.43. The summed E-state index contributed by atoms with van der Waals surface area (Å²) in [6.07, 6.45) is 0. The second kappa shape index (κ2) is 8.58. The molecule has 8 nitrogen and oxygen atoms in total. The van der Waals surface area contributed by atoms with Crippen molar-refractivity contribution in [1.82, 2.24) is 0 Å². The largest absolute Gasteiger partial charge is 0.505 e. The molecule has 1 aliphatic rings. The second-order valence-corrected chi connectivity index (χ2v) is 7.73. The Morgan fingerprint density at radius 3 is 2.39 bits per heavy atom. The van der Waals surface area contributed by atoms with Gasteiger partial charge in [0, 0.05) is 5.56 Å². The molecule has 3 N–H and O–H groups in total. The maximum atomic E-state index is 12.9. The highest BCUT2D eigenvalue weighted by Crippen LogP contribution is 2.35. The van der Waals surface area contributed by atoms with E-state index < -0.39 is 5.97 Å². The van der Waals surface area contributed by atoms with Gasteiger partial charge >= 0.3 is 11.9 Å². The van der Waals surface area contributed by atoms with Gasteiger partial charge in [-0.3, -0.25) is 10.2 Å².